The number of fused-ring (bicyclic) bond motifs is 15. The first-order valence-corrected chi connectivity index (χ1v) is 23.3. The third kappa shape index (κ3) is 5.31. The summed E-state index contributed by atoms with van der Waals surface area (Å²) in [6, 6.07) is 76.5. The van der Waals surface area contributed by atoms with E-state index in [0.29, 0.717) is 0 Å². The van der Waals surface area contributed by atoms with Crippen LogP contribution < -0.4 is 0 Å². The van der Waals surface area contributed by atoms with Crippen molar-refractivity contribution in [3.63, 3.8) is 0 Å². The lowest BCUT2D eigenvalue weighted by Crippen LogP contribution is -2.14. The lowest BCUT2D eigenvalue weighted by Gasteiger charge is -2.21. The summed E-state index contributed by atoms with van der Waals surface area (Å²) in [7, 11) is 0. The Morgan fingerprint density at radius 3 is 1.72 bits per heavy atom. The third-order valence-corrected chi connectivity index (χ3v) is 15.6. The van der Waals surface area contributed by atoms with Crippen LogP contribution in [0.5, 0.6) is 0 Å². The predicted molar refractivity (Wildman–Crippen MR) is 277 cm³/mol. The van der Waals surface area contributed by atoms with E-state index in [1.807, 2.05) is 11.3 Å². The zero-order chi connectivity index (χ0) is 43.0. The van der Waals surface area contributed by atoms with Crippen molar-refractivity contribution in [2.24, 2.45) is 0 Å². The molecule has 3 aromatic heterocycles. The lowest BCUT2D eigenvalue weighted by molar-refractivity contribution is 0.660. The molecule has 10 aromatic carbocycles. The molecule has 0 saturated heterocycles. The molecular weight excluding hydrogens is 805 g/mol. The number of benzene rings is 10. The molecule has 304 valence electrons. The molecule has 0 unspecified atom stereocenters. The number of hydrogen-bond donors (Lipinski definition) is 0. The minimum atomic E-state index is 0.00695. The highest BCUT2D eigenvalue weighted by molar-refractivity contribution is 7.26. The molecule has 0 bridgehead atoms. The maximum Gasteiger partial charge on any atom is 0.156 e. The molecule has 0 aliphatic heterocycles. The van der Waals surface area contributed by atoms with Crippen LogP contribution in [-0.2, 0) is 5.41 Å². The second-order valence-electron chi connectivity index (χ2n) is 18.3. The first-order chi connectivity index (χ1) is 32.0. The van der Waals surface area contributed by atoms with Crippen LogP contribution in [0.2, 0.25) is 0 Å². The fraction of sp³-hybridized carbons (Fsp3) is 0.0484. The van der Waals surface area contributed by atoms with Crippen molar-refractivity contribution < 1.29 is 0 Å². The summed E-state index contributed by atoms with van der Waals surface area (Å²) in [5.41, 5.74) is 18.3. The van der Waals surface area contributed by atoms with Gasteiger partial charge in [-0.1, -0.05) is 196 Å². The zero-order valence-electron chi connectivity index (χ0n) is 35.9. The fourth-order valence-corrected chi connectivity index (χ4v) is 12.4. The topological polar surface area (TPSA) is 17.3 Å². The average molecular weight is 845 g/mol. The minimum Gasteiger partial charge on any atom is -0.291 e. The molecule has 0 N–H and O–H groups in total. The average Bonchev–Trinajstić information content (AvgIpc) is 4.02. The number of rotatable bonds is 4. The Labute approximate surface area is 380 Å². The highest BCUT2D eigenvalue weighted by Crippen LogP contribution is 2.50. The number of thiophene rings is 1. The highest BCUT2D eigenvalue weighted by Gasteiger charge is 2.35. The first-order valence-electron chi connectivity index (χ1n) is 22.5. The summed E-state index contributed by atoms with van der Waals surface area (Å²) in [6.45, 7) is 4.68. The van der Waals surface area contributed by atoms with Crippen molar-refractivity contribution in [1.82, 2.24) is 9.38 Å². The third-order valence-electron chi connectivity index (χ3n) is 14.4. The van der Waals surface area contributed by atoms with Gasteiger partial charge in [0.25, 0.3) is 0 Å². The van der Waals surface area contributed by atoms with Crippen LogP contribution in [0.1, 0.15) is 25.0 Å². The van der Waals surface area contributed by atoms with Gasteiger partial charge in [-0.2, -0.15) is 0 Å². The van der Waals surface area contributed by atoms with Crippen molar-refractivity contribution >= 4 is 80.5 Å². The number of aromatic nitrogens is 2. The Bertz CT molecular complexity index is 4130. The molecule has 0 atom stereocenters. The maximum absolute atomic E-state index is 5.48. The van der Waals surface area contributed by atoms with E-state index in [1.165, 1.54) is 108 Å². The normalized spacial score (nSPS) is 13.2. The molecule has 3 heteroatoms. The van der Waals surface area contributed by atoms with Gasteiger partial charge in [0.1, 0.15) is 0 Å². The van der Waals surface area contributed by atoms with E-state index in [2.05, 4.69) is 225 Å². The van der Waals surface area contributed by atoms with Gasteiger partial charge in [0.15, 0.2) is 5.65 Å². The van der Waals surface area contributed by atoms with Gasteiger partial charge >= 0.3 is 0 Å². The van der Waals surface area contributed by atoms with Crippen LogP contribution >= 0.6 is 11.3 Å². The van der Waals surface area contributed by atoms with Crippen molar-refractivity contribution in [1.29, 1.82) is 0 Å². The van der Waals surface area contributed by atoms with Crippen molar-refractivity contribution in [2.45, 2.75) is 19.3 Å². The van der Waals surface area contributed by atoms with Gasteiger partial charge in [0, 0.05) is 26.3 Å². The monoisotopic (exact) mass is 844 g/mol. The van der Waals surface area contributed by atoms with Gasteiger partial charge in [0.2, 0.25) is 0 Å². The van der Waals surface area contributed by atoms with Gasteiger partial charge in [0.05, 0.1) is 21.4 Å². The number of hydrogen-bond acceptors (Lipinski definition) is 2. The van der Waals surface area contributed by atoms with Crippen molar-refractivity contribution in [3.05, 3.63) is 217 Å². The SMILES string of the molecule is CC1(C)c2ccccc2-c2cc(-c3ccc(-c4ccc(-c5ccc(-c6cc7c(sc8ccc9ccccc9c87)c7nc8c9ccccc9ccc8n67)cc5)c5ccccc45)cc3)ccc21. The molecule has 0 amide bonds. The van der Waals surface area contributed by atoms with Crippen LogP contribution in [0.3, 0.4) is 0 Å². The molecule has 2 nitrogen and oxygen atoms in total. The summed E-state index contributed by atoms with van der Waals surface area (Å²) in [4.78, 5) is 5.48. The molecule has 1 aliphatic rings. The molecule has 1 aliphatic carbocycles. The molecular formula is C62H40N2S. The minimum absolute atomic E-state index is 0.00695. The van der Waals surface area contributed by atoms with E-state index < -0.39 is 0 Å². The molecule has 0 radical (unpaired) electrons. The standard InChI is InChI=1S/C62H40N2S/c1-62(2)53-18-10-9-17-50(53)51-35-43(27-32-54(51)62)37-19-21-40(22-20-37)44-30-31-45(49-16-8-7-15-48(44)49)41-23-25-42(26-24-41)56-36-52-58-46-13-5-3-11-38(46)29-34-57(58)65-60(52)61-63-59-47-14-6-4-12-39(47)28-33-55(59)64(56)61/h3-36H,1-2H3. The smallest absolute Gasteiger partial charge is 0.156 e. The molecule has 0 spiro atoms. The van der Waals surface area contributed by atoms with Crippen LogP contribution in [0.25, 0.3) is 125 Å². The molecule has 0 saturated carbocycles. The van der Waals surface area contributed by atoms with Crippen molar-refractivity contribution in [2.75, 3.05) is 0 Å². The summed E-state index contributed by atoms with van der Waals surface area (Å²) < 4.78 is 4.90. The van der Waals surface area contributed by atoms with Gasteiger partial charge in [-0.15, -0.1) is 11.3 Å². The zero-order valence-corrected chi connectivity index (χ0v) is 36.7. The Morgan fingerprint density at radius 2 is 0.985 bits per heavy atom. The summed E-state index contributed by atoms with van der Waals surface area (Å²) >= 11 is 1.85. The lowest BCUT2D eigenvalue weighted by atomic mass is 9.82. The summed E-state index contributed by atoms with van der Waals surface area (Å²) in [6.07, 6.45) is 0. The van der Waals surface area contributed by atoms with E-state index in [-0.39, 0.29) is 5.41 Å². The van der Waals surface area contributed by atoms with E-state index >= 15 is 0 Å². The van der Waals surface area contributed by atoms with E-state index in [1.54, 1.807) is 0 Å². The summed E-state index contributed by atoms with van der Waals surface area (Å²) in [5.74, 6) is 0. The Morgan fingerprint density at radius 1 is 0.415 bits per heavy atom. The Kier molecular flexibility index (Phi) is 7.65. The maximum atomic E-state index is 5.48. The van der Waals surface area contributed by atoms with Gasteiger partial charge < -0.3 is 0 Å². The number of pyridine rings is 1. The van der Waals surface area contributed by atoms with Gasteiger partial charge in [-0.25, -0.2) is 4.98 Å². The Balaban J connectivity index is 0.869. The van der Waals surface area contributed by atoms with Crippen LogP contribution in [-0.4, -0.2) is 9.38 Å². The molecule has 14 rings (SSSR count). The highest BCUT2D eigenvalue weighted by atomic mass is 32.1. The van der Waals surface area contributed by atoms with Gasteiger partial charge in [-0.3, -0.25) is 4.40 Å². The fourth-order valence-electron chi connectivity index (χ4n) is 11.2. The molecule has 65 heavy (non-hydrogen) atoms. The summed E-state index contributed by atoms with van der Waals surface area (Å²) in [5, 5.41) is 9.97. The van der Waals surface area contributed by atoms with Gasteiger partial charge in [-0.05, 0) is 112 Å². The Hall–Kier alpha value is -7.85. The second kappa shape index (κ2) is 13.6. The molecule has 0 fully saturated rings. The van der Waals surface area contributed by atoms with Crippen molar-refractivity contribution in [3.8, 4) is 55.8 Å². The van der Waals surface area contributed by atoms with E-state index in [4.69, 9.17) is 4.98 Å². The molecule has 13 aromatic rings. The van der Waals surface area contributed by atoms with Crippen LogP contribution in [0.4, 0.5) is 0 Å². The number of nitrogens with zero attached hydrogens (tertiary/aromatic N) is 2. The second-order valence-corrected chi connectivity index (χ2v) is 19.3. The van der Waals surface area contributed by atoms with Crippen LogP contribution in [0, 0.1) is 0 Å². The largest absolute Gasteiger partial charge is 0.291 e. The first kappa shape index (κ1) is 36.6. The predicted octanol–water partition coefficient (Wildman–Crippen LogP) is 17.3. The molecule has 3 heterocycles. The number of imidazole rings is 1. The van der Waals surface area contributed by atoms with Crippen LogP contribution in [0.15, 0.2) is 206 Å². The quantitative estimate of drug-likeness (QED) is 0.172. The van der Waals surface area contributed by atoms with E-state index in [0.717, 1.165) is 27.9 Å². The van der Waals surface area contributed by atoms with E-state index in [9.17, 15) is 0 Å².